The molecule has 2 atom stereocenters. The van der Waals surface area contributed by atoms with Gasteiger partial charge in [-0.3, -0.25) is 9.59 Å². The topological polar surface area (TPSA) is 55.8 Å². The summed E-state index contributed by atoms with van der Waals surface area (Å²) in [4.78, 5) is 24.9. The smallest absolute Gasteiger partial charge is 0.310 e. The van der Waals surface area contributed by atoms with Crippen LogP contribution in [-0.4, -0.2) is 50.2 Å². The van der Waals surface area contributed by atoms with E-state index in [1.54, 1.807) is 4.90 Å². The van der Waals surface area contributed by atoms with Crippen molar-refractivity contribution < 1.29 is 19.1 Å². The van der Waals surface area contributed by atoms with Gasteiger partial charge in [-0.2, -0.15) is 0 Å². The zero-order chi connectivity index (χ0) is 12.8. The number of hydrogen-bond donors (Lipinski definition) is 0. The molecule has 17 heavy (non-hydrogen) atoms. The number of nitrogens with zero attached hydrogens (tertiary/aromatic N) is 1. The van der Waals surface area contributed by atoms with Crippen molar-refractivity contribution in [3.8, 4) is 0 Å². The Bertz CT molecular complexity index is 280. The van der Waals surface area contributed by atoms with Gasteiger partial charge in [0.15, 0.2) is 0 Å². The first-order chi connectivity index (χ1) is 8.10. The third-order valence-electron chi connectivity index (χ3n) is 3.04. The second-order valence-corrected chi connectivity index (χ2v) is 4.46. The lowest BCUT2D eigenvalue weighted by molar-refractivity contribution is -0.146. The molecule has 1 heterocycles. The van der Waals surface area contributed by atoms with Crippen molar-refractivity contribution in [1.29, 1.82) is 0 Å². The van der Waals surface area contributed by atoms with Crippen LogP contribution in [0.3, 0.4) is 0 Å². The van der Waals surface area contributed by atoms with Crippen molar-refractivity contribution in [2.24, 2.45) is 11.8 Å². The normalized spacial score (nSPS) is 23.8. The summed E-state index contributed by atoms with van der Waals surface area (Å²) < 4.78 is 9.93. The summed E-state index contributed by atoms with van der Waals surface area (Å²) in [6.45, 7) is 5.71. The van der Waals surface area contributed by atoms with E-state index in [9.17, 15) is 9.59 Å². The number of esters is 1. The van der Waals surface area contributed by atoms with Gasteiger partial charge in [-0.25, -0.2) is 0 Å². The van der Waals surface area contributed by atoms with Gasteiger partial charge in [-0.1, -0.05) is 13.8 Å². The molecule has 0 spiro atoms. The van der Waals surface area contributed by atoms with Crippen molar-refractivity contribution in [3.63, 3.8) is 0 Å². The number of rotatable bonds is 5. The van der Waals surface area contributed by atoms with Gasteiger partial charge in [0.2, 0.25) is 5.91 Å². The first-order valence-electron chi connectivity index (χ1n) is 6.03. The van der Waals surface area contributed by atoms with Crippen molar-refractivity contribution in [1.82, 2.24) is 4.90 Å². The Morgan fingerprint density at radius 1 is 1.35 bits per heavy atom. The van der Waals surface area contributed by atoms with Crippen molar-refractivity contribution in [3.05, 3.63) is 0 Å². The van der Waals surface area contributed by atoms with Gasteiger partial charge in [0.05, 0.1) is 13.0 Å². The standard InChI is InChI=1S/C12H21NO4/c1-4-5-17-8-11(14)13-6-9(2)10(7-13)12(15)16-3/h9-10H,4-8H2,1-3H3. The molecule has 0 radical (unpaired) electrons. The fourth-order valence-electron chi connectivity index (χ4n) is 2.02. The van der Waals surface area contributed by atoms with Gasteiger partial charge < -0.3 is 14.4 Å². The number of hydrogen-bond acceptors (Lipinski definition) is 4. The summed E-state index contributed by atoms with van der Waals surface area (Å²) in [5, 5.41) is 0. The molecule has 0 bridgehead atoms. The van der Waals surface area contributed by atoms with Crippen LogP contribution in [-0.2, 0) is 19.1 Å². The van der Waals surface area contributed by atoms with E-state index in [1.807, 2.05) is 13.8 Å². The molecule has 5 heteroatoms. The predicted molar refractivity (Wildman–Crippen MR) is 62.4 cm³/mol. The first-order valence-corrected chi connectivity index (χ1v) is 6.03. The Balaban J connectivity index is 2.42. The third kappa shape index (κ3) is 3.70. The summed E-state index contributed by atoms with van der Waals surface area (Å²) in [5.74, 6) is -0.327. The molecule has 0 aromatic heterocycles. The Labute approximate surface area is 102 Å². The first kappa shape index (κ1) is 14.0. The van der Waals surface area contributed by atoms with Crippen LogP contribution in [0.5, 0.6) is 0 Å². The van der Waals surface area contributed by atoms with E-state index >= 15 is 0 Å². The molecule has 0 aromatic rings. The molecule has 0 saturated carbocycles. The van der Waals surface area contributed by atoms with Crippen LogP contribution >= 0.6 is 0 Å². The summed E-state index contributed by atoms with van der Waals surface area (Å²) in [5.41, 5.74) is 0. The van der Waals surface area contributed by atoms with Crippen LogP contribution in [0, 0.1) is 11.8 Å². The Hall–Kier alpha value is -1.10. The molecular weight excluding hydrogens is 222 g/mol. The molecule has 0 aliphatic carbocycles. The molecule has 1 amide bonds. The number of methoxy groups -OCH3 is 1. The number of carbonyl (C=O) groups is 2. The lowest BCUT2D eigenvalue weighted by atomic mass is 9.99. The Morgan fingerprint density at radius 3 is 2.65 bits per heavy atom. The maximum absolute atomic E-state index is 11.8. The van der Waals surface area contributed by atoms with Crippen LogP contribution in [0.4, 0.5) is 0 Å². The predicted octanol–water partition coefficient (Wildman–Crippen LogP) is 0.681. The second kappa shape index (κ2) is 6.59. The summed E-state index contributed by atoms with van der Waals surface area (Å²) >= 11 is 0. The maximum Gasteiger partial charge on any atom is 0.310 e. The molecule has 0 N–H and O–H groups in total. The zero-order valence-electron chi connectivity index (χ0n) is 10.8. The molecule has 2 unspecified atom stereocenters. The fraction of sp³-hybridized carbons (Fsp3) is 0.833. The van der Waals surface area contributed by atoms with Gasteiger partial charge in [0.25, 0.3) is 0 Å². The minimum Gasteiger partial charge on any atom is -0.469 e. The Kier molecular flexibility index (Phi) is 5.41. The molecule has 98 valence electrons. The molecule has 1 rings (SSSR count). The van der Waals surface area contributed by atoms with Gasteiger partial charge in [-0.15, -0.1) is 0 Å². The molecule has 5 nitrogen and oxygen atoms in total. The number of likely N-dealkylation sites (tertiary alicyclic amines) is 1. The lowest BCUT2D eigenvalue weighted by Gasteiger charge is -2.15. The van der Waals surface area contributed by atoms with Crippen LogP contribution in [0.15, 0.2) is 0 Å². The monoisotopic (exact) mass is 243 g/mol. The van der Waals surface area contributed by atoms with Gasteiger partial charge in [-0.05, 0) is 12.3 Å². The summed E-state index contributed by atoms with van der Waals surface area (Å²) in [6, 6.07) is 0. The summed E-state index contributed by atoms with van der Waals surface area (Å²) in [6.07, 6.45) is 0.897. The van der Waals surface area contributed by atoms with Crippen LogP contribution in [0.1, 0.15) is 20.3 Å². The average molecular weight is 243 g/mol. The zero-order valence-corrected chi connectivity index (χ0v) is 10.8. The molecule has 1 saturated heterocycles. The minimum absolute atomic E-state index is 0.0447. The van der Waals surface area contributed by atoms with Crippen LogP contribution in [0.25, 0.3) is 0 Å². The van der Waals surface area contributed by atoms with Crippen molar-refractivity contribution in [2.45, 2.75) is 20.3 Å². The van der Waals surface area contributed by atoms with Crippen LogP contribution in [0.2, 0.25) is 0 Å². The van der Waals surface area contributed by atoms with Crippen LogP contribution < -0.4 is 0 Å². The molecule has 1 aliphatic rings. The third-order valence-corrected chi connectivity index (χ3v) is 3.04. The SMILES string of the molecule is CCCOCC(=O)N1CC(C)C(C(=O)OC)C1. The van der Waals surface area contributed by atoms with E-state index in [2.05, 4.69) is 0 Å². The van der Waals surface area contributed by atoms with Crippen molar-refractivity contribution in [2.75, 3.05) is 33.4 Å². The highest BCUT2D eigenvalue weighted by Crippen LogP contribution is 2.24. The molecule has 1 aliphatic heterocycles. The van der Waals surface area contributed by atoms with E-state index in [4.69, 9.17) is 9.47 Å². The summed E-state index contributed by atoms with van der Waals surface area (Å²) in [7, 11) is 1.38. The quantitative estimate of drug-likeness (QED) is 0.526. The Morgan fingerprint density at radius 2 is 2.06 bits per heavy atom. The van der Waals surface area contributed by atoms with Gasteiger partial charge >= 0.3 is 5.97 Å². The molecule has 1 fully saturated rings. The van der Waals surface area contributed by atoms with Gasteiger partial charge in [0.1, 0.15) is 6.61 Å². The second-order valence-electron chi connectivity index (χ2n) is 4.46. The maximum atomic E-state index is 11.8. The number of ether oxygens (including phenoxy) is 2. The highest BCUT2D eigenvalue weighted by atomic mass is 16.5. The largest absolute Gasteiger partial charge is 0.469 e. The van der Waals surface area contributed by atoms with E-state index in [1.165, 1.54) is 7.11 Å². The molecule has 0 aromatic carbocycles. The fourth-order valence-corrected chi connectivity index (χ4v) is 2.02. The van der Waals surface area contributed by atoms with E-state index in [-0.39, 0.29) is 30.3 Å². The molecular formula is C12H21NO4. The van der Waals surface area contributed by atoms with Gasteiger partial charge in [0, 0.05) is 19.7 Å². The highest BCUT2D eigenvalue weighted by molar-refractivity contribution is 5.80. The number of amides is 1. The van der Waals surface area contributed by atoms with E-state index < -0.39 is 0 Å². The average Bonchev–Trinajstić information content (AvgIpc) is 2.70. The van der Waals surface area contributed by atoms with E-state index in [0.717, 1.165) is 6.42 Å². The van der Waals surface area contributed by atoms with E-state index in [0.29, 0.717) is 19.7 Å². The lowest BCUT2D eigenvalue weighted by Crippen LogP contribution is -2.33. The highest BCUT2D eigenvalue weighted by Gasteiger charge is 2.37. The minimum atomic E-state index is -0.234. The van der Waals surface area contributed by atoms with Crippen molar-refractivity contribution >= 4 is 11.9 Å². The number of carbonyl (C=O) groups excluding carboxylic acids is 2.